The molecule has 1 atom stereocenters. The van der Waals surface area contributed by atoms with Crippen LogP contribution in [0.25, 0.3) is 0 Å². The highest BCUT2D eigenvalue weighted by atomic mass is 32.2. The Hall–Kier alpha value is -3.23. The van der Waals surface area contributed by atoms with Crippen molar-refractivity contribution in [1.29, 1.82) is 5.41 Å². The van der Waals surface area contributed by atoms with Crippen LogP contribution in [-0.4, -0.2) is 45.6 Å². The number of carbonyl (C=O) groups excluding carboxylic acids is 1. The lowest BCUT2D eigenvalue weighted by molar-refractivity contribution is -0.116. The number of pyridine rings is 1. The highest BCUT2D eigenvalue weighted by molar-refractivity contribution is 8.00. The van der Waals surface area contributed by atoms with Crippen LogP contribution in [0.5, 0.6) is 0 Å². The quantitative estimate of drug-likeness (QED) is 0.393. The third kappa shape index (κ3) is 5.15. The lowest BCUT2D eigenvalue weighted by Gasteiger charge is -2.31. The van der Waals surface area contributed by atoms with Crippen molar-refractivity contribution in [3.05, 3.63) is 89.5 Å². The van der Waals surface area contributed by atoms with Crippen molar-refractivity contribution in [2.75, 3.05) is 29.9 Å². The minimum atomic E-state index is -0.267. The number of thioether (sulfide) groups is 1. The first-order chi connectivity index (χ1) is 15.5. The maximum Gasteiger partial charge on any atom is 0.238 e. The van der Waals surface area contributed by atoms with Crippen LogP contribution in [-0.2, 0) is 11.3 Å². The zero-order valence-corrected chi connectivity index (χ0v) is 18.2. The van der Waals surface area contributed by atoms with Crippen LogP contribution in [0, 0.1) is 11.2 Å². The molecule has 1 aliphatic rings. The third-order valence-electron chi connectivity index (χ3n) is 5.35. The number of halogens is 1. The van der Waals surface area contributed by atoms with Gasteiger partial charge >= 0.3 is 0 Å². The number of aromatic nitrogens is 1. The molecule has 0 radical (unpaired) electrons. The number of hydrogen-bond donors (Lipinski definition) is 3. The van der Waals surface area contributed by atoms with E-state index >= 15 is 0 Å². The molecule has 0 aliphatic carbocycles. The van der Waals surface area contributed by atoms with Gasteiger partial charge in [0, 0.05) is 65.8 Å². The van der Waals surface area contributed by atoms with Crippen molar-refractivity contribution in [2.45, 2.75) is 11.8 Å². The molecule has 1 fully saturated rings. The molecule has 0 bridgehead atoms. The van der Waals surface area contributed by atoms with Crippen molar-refractivity contribution < 1.29 is 9.18 Å². The summed E-state index contributed by atoms with van der Waals surface area (Å²) >= 11 is 1.60. The number of amides is 1. The number of hydrogen-bond acceptors (Lipinski definition) is 6. The largest absolute Gasteiger partial charge is 0.398 e. The van der Waals surface area contributed by atoms with E-state index in [1.807, 2.05) is 6.07 Å². The van der Waals surface area contributed by atoms with Crippen LogP contribution in [0.2, 0.25) is 0 Å². The van der Waals surface area contributed by atoms with Gasteiger partial charge < -0.3 is 11.1 Å². The summed E-state index contributed by atoms with van der Waals surface area (Å²) in [5, 5.41) is 11.2. The van der Waals surface area contributed by atoms with Crippen molar-refractivity contribution in [1.82, 2.24) is 9.88 Å². The molecular weight excluding hydrogens is 425 g/mol. The molecule has 32 heavy (non-hydrogen) atoms. The van der Waals surface area contributed by atoms with E-state index in [2.05, 4.69) is 15.2 Å². The highest BCUT2D eigenvalue weighted by Crippen LogP contribution is 2.25. The van der Waals surface area contributed by atoms with Gasteiger partial charge in [0.1, 0.15) is 5.82 Å². The molecule has 4 N–H and O–H groups in total. The maximum absolute atomic E-state index is 14.0. The van der Waals surface area contributed by atoms with Crippen LogP contribution < -0.4 is 11.1 Å². The second kappa shape index (κ2) is 9.93. The number of nitrogen functional groups attached to an aromatic ring is 1. The van der Waals surface area contributed by atoms with E-state index in [-0.39, 0.29) is 22.7 Å². The van der Waals surface area contributed by atoms with Crippen molar-refractivity contribution in [3.63, 3.8) is 0 Å². The lowest BCUT2D eigenvalue weighted by atomic mass is 10.0. The Morgan fingerprint density at radius 3 is 2.78 bits per heavy atom. The summed E-state index contributed by atoms with van der Waals surface area (Å²) in [5.41, 5.74) is 9.29. The maximum atomic E-state index is 14.0. The minimum absolute atomic E-state index is 0.112. The van der Waals surface area contributed by atoms with Gasteiger partial charge in [-0.05, 0) is 36.4 Å². The predicted molar refractivity (Wildman–Crippen MR) is 128 cm³/mol. The average molecular weight is 450 g/mol. The van der Waals surface area contributed by atoms with E-state index in [9.17, 15) is 9.18 Å². The molecule has 2 aromatic carbocycles. The van der Waals surface area contributed by atoms with Crippen LogP contribution in [0.15, 0.2) is 67.0 Å². The van der Waals surface area contributed by atoms with Gasteiger partial charge in [-0.25, -0.2) is 4.39 Å². The van der Waals surface area contributed by atoms with Crippen LogP contribution >= 0.6 is 11.8 Å². The predicted octanol–water partition coefficient (Wildman–Crippen LogP) is 3.78. The summed E-state index contributed by atoms with van der Waals surface area (Å²) in [5.74, 6) is 0.462. The molecule has 0 unspecified atom stereocenters. The Balaban J connectivity index is 1.43. The molecule has 0 spiro atoms. The number of rotatable bonds is 6. The molecule has 3 aromatic rings. The number of benzene rings is 2. The summed E-state index contributed by atoms with van der Waals surface area (Å²) in [7, 11) is 0. The van der Waals surface area contributed by atoms with E-state index in [1.165, 1.54) is 6.07 Å². The summed E-state index contributed by atoms with van der Waals surface area (Å²) in [4.78, 5) is 19.0. The standard InChI is InChI=1S/C24H24FN5OS/c25-20-4-2-1-3-17(20)14-30-11-12-32-22(15-30)24(31)29-18-5-6-21(26)19(13-18)23(27)16-7-9-28-10-8-16/h1-10,13,22,27H,11-12,14-15,26H2,(H,29,31)/t22-/m0/s1. The van der Waals surface area contributed by atoms with Crippen molar-refractivity contribution in [2.24, 2.45) is 0 Å². The van der Waals surface area contributed by atoms with Gasteiger partial charge in [-0.15, -0.1) is 11.8 Å². The van der Waals surface area contributed by atoms with Crippen LogP contribution in [0.4, 0.5) is 15.8 Å². The fraction of sp³-hybridized carbons (Fsp3) is 0.208. The molecule has 4 rings (SSSR count). The van der Waals surface area contributed by atoms with Gasteiger partial charge in [0.2, 0.25) is 5.91 Å². The monoisotopic (exact) mass is 449 g/mol. The van der Waals surface area contributed by atoms with E-state index in [1.54, 1.807) is 66.6 Å². The van der Waals surface area contributed by atoms with Gasteiger partial charge in [-0.3, -0.25) is 20.1 Å². The molecule has 1 amide bonds. The third-order valence-corrected chi connectivity index (χ3v) is 6.54. The number of nitrogens with two attached hydrogens (primary N) is 1. The Bertz CT molecular complexity index is 1120. The Morgan fingerprint density at radius 2 is 2.00 bits per heavy atom. The molecule has 1 saturated heterocycles. The Labute approximate surface area is 190 Å². The first-order valence-electron chi connectivity index (χ1n) is 10.3. The van der Waals surface area contributed by atoms with Gasteiger partial charge in [0.25, 0.3) is 0 Å². The molecule has 0 saturated carbocycles. The topological polar surface area (TPSA) is 95.1 Å². The SMILES string of the molecule is N=C(c1ccncc1)c1cc(NC(=O)[C@@H]2CN(Cc3ccccc3F)CCS2)ccc1N. The number of nitrogens with zero attached hydrogens (tertiary/aromatic N) is 2. The highest BCUT2D eigenvalue weighted by Gasteiger charge is 2.27. The fourth-order valence-corrected chi connectivity index (χ4v) is 4.79. The van der Waals surface area contributed by atoms with Crippen molar-refractivity contribution >= 4 is 34.8 Å². The summed E-state index contributed by atoms with van der Waals surface area (Å²) in [6.07, 6.45) is 3.25. The first-order valence-corrected chi connectivity index (χ1v) is 11.3. The summed E-state index contributed by atoms with van der Waals surface area (Å²) < 4.78 is 14.0. The van der Waals surface area contributed by atoms with Gasteiger partial charge in [-0.1, -0.05) is 18.2 Å². The second-order valence-corrected chi connectivity index (χ2v) is 8.90. The minimum Gasteiger partial charge on any atom is -0.398 e. The second-order valence-electron chi connectivity index (χ2n) is 7.59. The van der Waals surface area contributed by atoms with Crippen LogP contribution in [0.3, 0.4) is 0 Å². The number of anilines is 2. The van der Waals surface area contributed by atoms with Crippen LogP contribution in [0.1, 0.15) is 16.7 Å². The smallest absolute Gasteiger partial charge is 0.238 e. The number of nitrogens with one attached hydrogen (secondary N) is 2. The summed E-state index contributed by atoms with van der Waals surface area (Å²) in [6.45, 7) is 1.82. The molecule has 1 aromatic heterocycles. The summed E-state index contributed by atoms with van der Waals surface area (Å²) in [6, 6.07) is 15.4. The van der Waals surface area contributed by atoms with Gasteiger partial charge in [-0.2, -0.15) is 0 Å². The van der Waals surface area contributed by atoms with E-state index in [0.29, 0.717) is 41.2 Å². The Kier molecular flexibility index (Phi) is 6.82. The lowest BCUT2D eigenvalue weighted by Crippen LogP contribution is -2.43. The average Bonchev–Trinajstić information content (AvgIpc) is 2.82. The molecule has 1 aliphatic heterocycles. The fourth-order valence-electron chi connectivity index (χ4n) is 3.62. The Morgan fingerprint density at radius 1 is 1.22 bits per heavy atom. The molecule has 2 heterocycles. The molecule has 6 nitrogen and oxygen atoms in total. The zero-order valence-electron chi connectivity index (χ0n) is 17.4. The van der Waals surface area contributed by atoms with E-state index < -0.39 is 0 Å². The molecule has 164 valence electrons. The van der Waals surface area contributed by atoms with E-state index in [0.717, 1.165) is 12.3 Å². The number of carbonyl (C=O) groups is 1. The molecule has 8 heteroatoms. The molecular formula is C24H24FN5OS. The normalized spacial score (nSPS) is 16.5. The first kappa shape index (κ1) is 22.0. The van der Waals surface area contributed by atoms with Gasteiger partial charge in [0.05, 0.1) is 11.0 Å². The van der Waals surface area contributed by atoms with Gasteiger partial charge in [0.15, 0.2) is 0 Å². The zero-order chi connectivity index (χ0) is 22.5. The van der Waals surface area contributed by atoms with Crippen molar-refractivity contribution in [3.8, 4) is 0 Å². The van der Waals surface area contributed by atoms with E-state index in [4.69, 9.17) is 11.1 Å².